The Morgan fingerprint density at radius 1 is 1.23 bits per heavy atom. The minimum atomic E-state index is -2.54. The lowest BCUT2D eigenvalue weighted by Crippen LogP contribution is -2.43. The number of carbonyl (C=O) groups is 1. The van der Waals surface area contributed by atoms with Crippen LogP contribution in [0.3, 0.4) is 0 Å². The van der Waals surface area contributed by atoms with E-state index < -0.39 is 5.92 Å². The van der Waals surface area contributed by atoms with Gasteiger partial charge < -0.3 is 5.32 Å². The zero-order valence-corrected chi connectivity index (χ0v) is 15.7. The highest BCUT2D eigenvalue weighted by Crippen LogP contribution is 2.37. The number of hydrogen-bond acceptors (Lipinski definition) is 2. The van der Waals surface area contributed by atoms with Crippen molar-refractivity contribution in [2.75, 3.05) is 5.32 Å². The van der Waals surface area contributed by atoms with Gasteiger partial charge in [0.2, 0.25) is 5.92 Å². The van der Waals surface area contributed by atoms with Gasteiger partial charge in [-0.2, -0.15) is 5.10 Å². The number of amides is 2. The molecule has 2 saturated carbocycles. The summed E-state index contributed by atoms with van der Waals surface area (Å²) in [7, 11) is 0. The van der Waals surface area contributed by atoms with Crippen LogP contribution in [0, 0.1) is 12.8 Å². The lowest BCUT2D eigenvalue weighted by atomic mass is 9.83. The molecule has 2 aliphatic rings. The molecule has 26 heavy (non-hydrogen) atoms. The van der Waals surface area contributed by atoms with E-state index in [1.54, 1.807) is 0 Å². The number of nitrogens with zero attached hydrogens (tertiary/aromatic N) is 2. The van der Waals surface area contributed by atoms with Crippen LogP contribution in [0.1, 0.15) is 76.3 Å². The third kappa shape index (κ3) is 4.74. The Morgan fingerprint density at radius 2 is 1.88 bits per heavy atom. The van der Waals surface area contributed by atoms with Crippen molar-refractivity contribution in [1.82, 2.24) is 15.1 Å². The molecule has 0 radical (unpaired) electrons. The van der Waals surface area contributed by atoms with E-state index in [-0.39, 0.29) is 30.8 Å². The first-order valence-corrected chi connectivity index (χ1v) is 9.85. The second kappa shape index (κ2) is 7.92. The van der Waals surface area contributed by atoms with E-state index >= 15 is 0 Å². The predicted molar refractivity (Wildman–Crippen MR) is 97.6 cm³/mol. The second-order valence-electron chi connectivity index (χ2n) is 8.01. The molecule has 2 aliphatic carbocycles. The number of urea groups is 1. The summed E-state index contributed by atoms with van der Waals surface area (Å²) >= 11 is 0. The van der Waals surface area contributed by atoms with Gasteiger partial charge >= 0.3 is 6.03 Å². The summed E-state index contributed by atoms with van der Waals surface area (Å²) in [6, 6.07) is -0.0254. The fourth-order valence-corrected chi connectivity index (χ4v) is 4.17. The number of aryl methyl sites for hydroxylation is 1. The zero-order chi connectivity index (χ0) is 18.7. The number of hydrogen-bond donors (Lipinski definition) is 2. The van der Waals surface area contributed by atoms with Gasteiger partial charge in [0.25, 0.3) is 0 Å². The van der Waals surface area contributed by atoms with Crippen molar-refractivity contribution < 1.29 is 13.6 Å². The molecule has 3 rings (SSSR count). The average Bonchev–Trinajstić information content (AvgIpc) is 2.96. The van der Waals surface area contributed by atoms with E-state index in [1.165, 1.54) is 19.3 Å². The maximum absolute atomic E-state index is 13.3. The predicted octanol–water partition coefficient (Wildman–Crippen LogP) is 5.03. The molecule has 2 fully saturated rings. The molecule has 1 aromatic rings. The van der Waals surface area contributed by atoms with E-state index in [2.05, 4.69) is 15.7 Å². The van der Waals surface area contributed by atoms with Gasteiger partial charge in [0, 0.05) is 30.6 Å². The number of aromatic nitrogens is 2. The summed E-state index contributed by atoms with van der Waals surface area (Å²) < 4.78 is 28.5. The topological polar surface area (TPSA) is 59.0 Å². The molecular weight excluding hydrogens is 338 g/mol. The minimum absolute atomic E-state index is 0.0871. The fraction of sp³-hybridized carbons (Fsp3) is 0.789. The van der Waals surface area contributed by atoms with Gasteiger partial charge in [-0.15, -0.1) is 0 Å². The van der Waals surface area contributed by atoms with E-state index in [1.807, 2.05) is 24.7 Å². The Hall–Kier alpha value is -1.66. The number of alkyl halides is 2. The average molecular weight is 368 g/mol. The molecule has 0 aliphatic heterocycles. The quantitative estimate of drug-likeness (QED) is 0.783. The molecule has 0 saturated heterocycles. The molecule has 2 amide bonds. The van der Waals surface area contributed by atoms with E-state index in [9.17, 15) is 13.6 Å². The summed E-state index contributed by atoms with van der Waals surface area (Å²) in [5, 5.41) is 10.3. The number of carbonyl (C=O) groups excluding carboxylic acids is 1. The highest BCUT2D eigenvalue weighted by atomic mass is 19.3. The SMILES string of the molecule is Cc1cn(C2CCCCC2)nc1NC(=O)NC(C)C1CCC(F)(F)CC1. The van der Waals surface area contributed by atoms with Crippen molar-refractivity contribution >= 4 is 11.8 Å². The molecule has 5 nitrogen and oxygen atoms in total. The second-order valence-corrected chi connectivity index (χ2v) is 8.01. The van der Waals surface area contributed by atoms with E-state index in [4.69, 9.17) is 0 Å². The van der Waals surface area contributed by atoms with Crippen molar-refractivity contribution in [3.63, 3.8) is 0 Å². The Bertz CT molecular complexity index is 615. The Kier molecular flexibility index (Phi) is 5.82. The highest BCUT2D eigenvalue weighted by molar-refractivity contribution is 5.89. The maximum Gasteiger partial charge on any atom is 0.320 e. The van der Waals surface area contributed by atoms with E-state index in [0.29, 0.717) is 24.7 Å². The lowest BCUT2D eigenvalue weighted by Gasteiger charge is -2.32. The van der Waals surface area contributed by atoms with Crippen molar-refractivity contribution in [1.29, 1.82) is 0 Å². The molecule has 1 atom stereocenters. The monoisotopic (exact) mass is 368 g/mol. The third-order valence-electron chi connectivity index (χ3n) is 5.92. The lowest BCUT2D eigenvalue weighted by molar-refractivity contribution is -0.0483. The molecule has 1 unspecified atom stereocenters. The molecule has 0 bridgehead atoms. The van der Waals surface area contributed by atoms with Gasteiger partial charge in [-0.1, -0.05) is 19.3 Å². The van der Waals surface area contributed by atoms with Crippen LogP contribution in [0.15, 0.2) is 6.20 Å². The van der Waals surface area contributed by atoms with Crippen LogP contribution in [0.5, 0.6) is 0 Å². The van der Waals surface area contributed by atoms with Crippen molar-refractivity contribution in [3.05, 3.63) is 11.8 Å². The van der Waals surface area contributed by atoms with Crippen LogP contribution >= 0.6 is 0 Å². The number of nitrogens with one attached hydrogen (secondary N) is 2. The fourth-order valence-electron chi connectivity index (χ4n) is 4.17. The Labute approximate surface area is 153 Å². The largest absolute Gasteiger partial charge is 0.335 e. The smallest absolute Gasteiger partial charge is 0.320 e. The maximum atomic E-state index is 13.3. The summed E-state index contributed by atoms with van der Waals surface area (Å²) in [6.07, 6.45) is 8.73. The van der Waals surface area contributed by atoms with Crippen molar-refractivity contribution in [2.24, 2.45) is 5.92 Å². The van der Waals surface area contributed by atoms with Gasteiger partial charge in [-0.3, -0.25) is 10.00 Å². The van der Waals surface area contributed by atoms with Crippen molar-refractivity contribution in [3.8, 4) is 0 Å². The number of anilines is 1. The van der Waals surface area contributed by atoms with Crippen LogP contribution in [-0.2, 0) is 0 Å². The van der Waals surface area contributed by atoms with Crippen LogP contribution < -0.4 is 10.6 Å². The molecule has 0 aromatic carbocycles. The molecule has 0 spiro atoms. The van der Waals surface area contributed by atoms with Gasteiger partial charge in [0.05, 0.1) is 6.04 Å². The molecule has 1 heterocycles. The van der Waals surface area contributed by atoms with Crippen LogP contribution in [0.2, 0.25) is 0 Å². The standard InChI is InChI=1S/C19H30F2N4O/c1-13-12-25(16-6-4-3-5-7-16)24-17(13)23-18(26)22-14(2)15-8-10-19(20,21)11-9-15/h12,14-16H,3-11H2,1-2H3,(H2,22,23,24,26). The number of halogens is 2. The highest BCUT2D eigenvalue weighted by Gasteiger charge is 2.36. The zero-order valence-electron chi connectivity index (χ0n) is 15.7. The summed E-state index contributed by atoms with van der Waals surface area (Å²) in [4.78, 5) is 12.3. The van der Waals surface area contributed by atoms with E-state index in [0.717, 1.165) is 18.4 Å². The first-order valence-electron chi connectivity index (χ1n) is 9.85. The van der Waals surface area contributed by atoms with Crippen molar-refractivity contribution in [2.45, 2.75) is 89.6 Å². The molecular formula is C19H30F2N4O. The van der Waals surface area contributed by atoms with Gasteiger partial charge in [0.15, 0.2) is 5.82 Å². The summed E-state index contributed by atoms with van der Waals surface area (Å²) in [5.74, 6) is -1.86. The Balaban J connectivity index is 1.52. The molecule has 1 aromatic heterocycles. The van der Waals surface area contributed by atoms with Crippen LogP contribution in [0.25, 0.3) is 0 Å². The van der Waals surface area contributed by atoms with Gasteiger partial charge in [-0.05, 0) is 45.4 Å². The summed E-state index contributed by atoms with van der Waals surface area (Å²) in [5.41, 5.74) is 0.940. The minimum Gasteiger partial charge on any atom is -0.335 e. The Morgan fingerprint density at radius 3 is 2.54 bits per heavy atom. The van der Waals surface area contributed by atoms with Gasteiger partial charge in [0.1, 0.15) is 0 Å². The molecule has 7 heteroatoms. The normalized spacial score (nSPS) is 22.8. The first kappa shape index (κ1) is 19.1. The van der Waals surface area contributed by atoms with Gasteiger partial charge in [-0.25, -0.2) is 13.6 Å². The van der Waals surface area contributed by atoms with Crippen LogP contribution in [0.4, 0.5) is 19.4 Å². The molecule has 146 valence electrons. The summed E-state index contributed by atoms with van der Waals surface area (Å²) in [6.45, 7) is 3.83. The first-order chi connectivity index (χ1) is 12.3. The van der Waals surface area contributed by atoms with Crippen LogP contribution in [-0.4, -0.2) is 27.8 Å². The number of rotatable bonds is 4. The molecule has 2 N–H and O–H groups in total. The third-order valence-corrected chi connectivity index (χ3v) is 5.92.